The van der Waals surface area contributed by atoms with Gasteiger partial charge in [0.25, 0.3) is 0 Å². The molecule has 5 heteroatoms. The van der Waals surface area contributed by atoms with Gasteiger partial charge < -0.3 is 9.47 Å². The molecular formula is C26H35F2NO2. The summed E-state index contributed by atoms with van der Waals surface area (Å²) < 4.78 is 39.5. The Morgan fingerprint density at radius 2 is 1.81 bits per heavy atom. The van der Waals surface area contributed by atoms with Crippen LogP contribution in [0.25, 0.3) is 5.70 Å². The van der Waals surface area contributed by atoms with Gasteiger partial charge in [-0.15, -0.1) is 0 Å². The van der Waals surface area contributed by atoms with Gasteiger partial charge in [0.2, 0.25) is 5.82 Å². The maximum atomic E-state index is 14.5. The van der Waals surface area contributed by atoms with Crippen molar-refractivity contribution in [3.63, 3.8) is 0 Å². The van der Waals surface area contributed by atoms with E-state index in [4.69, 9.17) is 9.47 Å². The molecule has 3 unspecified atom stereocenters. The van der Waals surface area contributed by atoms with Crippen LogP contribution in [0.2, 0.25) is 0 Å². The topological polar surface area (TPSA) is 30.8 Å². The highest BCUT2D eigenvalue weighted by Crippen LogP contribution is 2.46. The number of hydrogen-bond acceptors (Lipinski definition) is 3. The lowest BCUT2D eigenvalue weighted by Gasteiger charge is -2.43. The minimum atomic E-state index is -0.959. The standard InChI is InChI=1S/C26H35F2NO2/c1-4-20-10-7-18(15-31-20)17-5-8-19(9-6-17)26(2)14-13-22(29-16-26)21-11-12-23(30-3)25(28)24(21)27/h11-13,16-20H,4-10,14-15H2,1-3H3. The Morgan fingerprint density at radius 3 is 2.39 bits per heavy atom. The fraction of sp³-hybridized carbons (Fsp3) is 0.654. The van der Waals surface area contributed by atoms with E-state index in [9.17, 15) is 8.78 Å². The Morgan fingerprint density at radius 1 is 1.06 bits per heavy atom. The lowest BCUT2D eigenvalue weighted by atomic mass is 9.64. The number of benzene rings is 1. The molecule has 3 aliphatic rings. The van der Waals surface area contributed by atoms with Crippen LogP contribution >= 0.6 is 0 Å². The van der Waals surface area contributed by atoms with E-state index in [1.54, 1.807) is 6.07 Å². The SMILES string of the molecule is CCC1CCC(C2CCC(C3(C)C=NC(c4ccc(OC)c(F)c4F)=CC3)CC2)CO1. The number of hydrogen-bond donors (Lipinski definition) is 0. The van der Waals surface area contributed by atoms with Crippen molar-refractivity contribution < 1.29 is 18.3 Å². The molecule has 1 aromatic carbocycles. The van der Waals surface area contributed by atoms with E-state index in [1.807, 2.05) is 12.3 Å². The molecule has 1 aliphatic carbocycles. The molecule has 1 aromatic rings. The van der Waals surface area contributed by atoms with Crippen LogP contribution < -0.4 is 4.74 Å². The second-order valence-electron chi connectivity index (χ2n) is 9.81. The Bertz CT molecular complexity index is 836. The van der Waals surface area contributed by atoms with E-state index in [0.29, 0.717) is 17.7 Å². The van der Waals surface area contributed by atoms with Gasteiger partial charge in [-0.2, -0.15) is 4.39 Å². The minimum Gasteiger partial charge on any atom is -0.494 e. The van der Waals surface area contributed by atoms with Crippen LogP contribution in [0.4, 0.5) is 8.78 Å². The molecule has 3 atom stereocenters. The molecule has 2 fully saturated rings. The normalized spacial score (nSPS) is 33.8. The maximum Gasteiger partial charge on any atom is 0.201 e. The van der Waals surface area contributed by atoms with E-state index in [1.165, 1.54) is 51.7 Å². The largest absolute Gasteiger partial charge is 0.494 e. The lowest BCUT2D eigenvalue weighted by molar-refractivity contribution is -0.0415. The lowest BCUT2D eigenvalue weighted by Crippen LogP contribution is -2.36. The van der Waals surface area contributed by atoms with E-state index in [2.05, 4.69) is 18.8 Å². The molecule has 0 bridgehead atoms. The average molecular weight is 432 g/mol. The summed E-state index contributed by atoms with van der Waals surface area (Å²) in [5.41, 5.74) is 0.685. The fourth-order valence-electron chi connectivity index (χ4n) is 5.75. The molecule has 4 rings (SSSR count). The number of halogens is 2. The first-order valence-corrected chi connectivity index (χ1v) is 11.8. The van der Waals surface area contributed by atoms with Crippen molar-refractivity contribution >= 4 is 11.9 Å². The summed E-state index contributed by atoms with van der Waals surface area (Å²) in [6.45, 7) is 5.40. The van der Waals surface area contributed by atoms with Crippen molar-refractivity contribution in [3.8, 4) is 5.75 Å². The molecule has 2 heterocycles. The zero-order valence-corrected chi connectivity index (χ0v) is 19.0. The first-order valence-electron chi connectivity index (χ1n) is 11.8. The Balaban J connectivity index is 1.36. The van der Waals surface area contributed by atoms with Gasteiger partial charge in [0.15, 0.2) is 11.6 Å². The van der Waals surface area contributed by atoms with E-state index in [0.717, 1.165) is 31.3 Å². The van der Waals surface area contributed by atoms with Gasteiger partial charge in [-0.25, -0.2) is 4.39 Å². The van der Waals surface area contributed by atoms with E-state index < -0.39 is 11.6 Å². The first kappa shape index (κ1) is 22.4. The number of allylic oxidation sites excluding steroid dienone is 1. The molecule has 170 valence electrons. The Hall–Kier alpha value is -1.75. The van der Waals surface area contributed by atoms with Crippen molar-refractivity contribution in [1.29, 1.82) is 0 Å². The summed E-state index contributed by atoms with van der Waals surface area (Å²) in [5, 5.41) is 0. The van der Waals surface area contributed by atoms with Crippen molar-refractivity contribution in [2.45, 2.75) is 71.3 Å². The highest BCUT2D eigenvalue weighted by Gasteiger charge is 2.39. The third kappa shape index (κ3) is 4.57. The monoisotopic (exact) mass is 431 g/mol. The highest BCUT2D eigenvalue weighted by molar-refractivity contribution is 5.80. The van der Waals surface area contributed by atoms with E-state index >= 15 is 0 Å². The molecule has 0 N–H and O–H groups in total. The van der Waals surface area contributed by atoms with Gasteiger partial charge >= 0.3 is 0 Å². The zero-order chi connectivity index (χ0) is 22.0. The van der Waals surface area contributed by atoms with Gasteiger partial charge in [-0.05, 0) is 81.3 Å². The van der Waals surface area contributed by atoms with Crippen molar-refractivity contribution in [3.05, 3.63) is 35.4 Å². The van der Waals surface area contributed by atoms with Crippen LogP contribution in [0.3, 0.4) is 0 Å². The summed E-state index contributed by atoms with van der Waals surface area (Å²) in [6.07, 6.45) is 13.8. The second-order valence-corrected chi connectivity index (χ2v) is 9.81. The summed E-state index contributed by atoms with van der Waals surface area (Å²) in [6, 6.07) is 3.00. The molecule has 1 saturated carbocycles. The second kappa shape index (κ2) is 9.40. The predicted octanol–water partition coefficient (Wildman–Crippen LogP) is 6.81. The number of nitrogens with zero attached hydrogens (tertiary/aromatic N) is 1. The molecular weight excluding hydrogens is 396 g/mol. The summed E-state index contributed by atoms with van der Waals surface area (Å²) >= 11 is 0. The van der Waals surface area contributed by atoms with Crippen molar-refractivity contribution in [1.82, 2.24) is 0 Å². The number of ether oxygens (including phenoxy) is 2. The van der Waals surface area contributed by atoms with Crippen LogP contribution in [0.1, 0.15) is 70.8 Å². The minimum absolute atomic E-state index is 0.0215. The molecule has 3 nitrogen and oxygen atoms in total. The summed E-state index contributed by atoms with van der Waals surface area (Å²) in [4.78, 5) is 4.58. The molecule has 1 saturated heterocycles. The third-order valence-corrected chi connectivity index (χ3v) is 8.01. The van der Waals surface area contributed by atoms with Crippen molar-refractivity contribution in [2.24, 2.45) is 28.2 Å². The molecule has 0 amide bonds. The Kier molecular flexibility index (Phi) is 6.80. The third-order valence-electron chi connectivity index (χ3n) is 8.01. The molecule has 31 heavy (non-hydrogen) atoms. The van der Waals surface area contributed by atoms with E-state index in [-0.39, 0.29) is 16.7 Å². The number of methoxy groups -OCH3 is 1. The van der Waals surface area contributed by atoms with Crippen LogP contribution in [0, 0.1) is 34.8 Å². The average Bonchev–Trinajstić information content (AvgIpc) is 2.82. The van der Waals surface area contributed by atoms with Crippen LogP contribution in [0.5, 0.6) is 5.75 Å². The van der Waals surface area contributed by atoms with Gasteiger partial charge in [0, 0.05) is 17.2 Å². The zero-order valence-electron chi connectivity index (χ0n) is 19.0. The summed E-state index contributed by atoms with van der Waals surface area (Å²) in [5.74, 6) is 0.135. The van der Waals surface area contributed by atoms with Crippen molar-refractivity contribution in [2.75, 3.05) is 13.7 Å². The van der Waals surface area contributed by atoms with Crippen LogP contribution in [-0.4, -0.2) is 26.0 Å². The van der Waals surface area contributed by atoms with Gasteiger partial charge in [-0.1, -0.05) is 19.9 Å². The number of rotatable bonds is 5. The summed E-state index contributed by atoms with van der Waals surface area (Å²) in [7, 11) is 1.33. The highest BCUT2D eigenvalue weighted by atomic mass is 19.2. The molecule has 0 aromatic heterocycles. The van der Waals surface area contributed by atoms with Crippen LogP contribution in [-0.2, 0) is 4.74 Å². The quantitative estimate of drug-likeness (QED) is 0.513. The molecule has 2 aliphatic heterocycles. The smallest absolute Gasteiger partial charge is 0.201 e. The van der Waals surface area contributed by atoms with Gasteiger partial charge in [-0.3, -0.25) is 4.99 Å². The first-order chi connectivity index (χ1) is 14.9. The van der Waals surface area contributed by atoms with Gasteiger partial charge in [0.1, 0.15) is 0 Å². The van der Waals surface area contributed by atoms with Crippen LogP contribution in [0.15, 0.2) is 23.2 Å². The van der Waals surface area contributed by atoms with Gasteiger partial charge in [0.05, 0.1) is 25.5 Å². The maximum absolute atomic E-state index is 14.5. The Labute approximate surface area is 184 Å². The fourth-order valence-corrected chi connectivity index (χ4v) is 5.75. The molecule has 0 spiro atoms. The number of aliphatic imine (C=N–C) groups is 1. The molecule has 0 radical (unpaired) electrons. The predicted molar refractivity (Wildman–Crippen MR) is 120 cm³/mol.